The molecule has 1 heterocycles. The number of carbonyl (C=O) groups is 3. The van der Waals surface area contributed by atoms with Crippen molar-refractivity contribution in [3.05, 3.63) is 75.3 Å². The largest absolute Gasteiger partial charge is 0.354 e. The second-order valence-corrected chi connectivity index (χ2v) is 7.28. The van der Waals surface area contributed by atoms with Gasteiger partial charge >= 0.3 is 6.03 Å². The minimum Gasteiger partial charge on any atom is -0.354 e. The molecule has 3 rings (SSSR count). The predicted octanol–water partition coefficient (Wildman–Crippen LogP) is 2.03. The van der Waals surface area contributed by atoms with Crippen LogP contribution < -0.4 is 10.6 Å². The first-order chi connectivity index (χ1) is 14.2. The Bertz CT molecular complexity index is 1000. The molecular formula is C21H22N4O5. The minimum atomic E-state index is -1.40. The van der Waals surface area contributed by atoms with Crippen molar-refractivity contribution < 1.29 is 19.3 Å². The molecule has 1 saturated heterocycles. The summed E-state index contributed by atoms with van der Waals surface area (Å²) >= 11 is 0. The van der Waals surface area contributed by atoms with Gasteiger partial charge in [0.25, 0.3) is 11.6 Å². The van der Waals surface area contributed by atoms with Crippen molar-refractivity contribution in [2.75, 3.05) is 13.1 Å². The maximum Gasteiger partial charge on any atom is 0.325 e. The van der Waals surface area contributed by atoms with Crippen molar-refractivity contribution in [2.24, 2.45) is 0 Å². The number of nitro groups is 1. The molecular weight excluding hydrogens is 388 g/mol. The molecule has 2 N–H and O–H groups in total. The molecule has 156 valence electrons. The number of amides is 4. The maximum absolute atomic E-state index is 12.9. The molecule has 9 heteroatoms. The molecule has 0 radical (unpaired) electrons. The number of non-ortho nitro benzene ring substituents is 1. The Hall–Kier alpha value is -3.75. The Morgan fingerprint density at radius 1 is 1.17 bits per heavy atom. The average molecular weight is 410 g/mol. The summed E-state index contributed by atoms with van der Waals surface area (Å²) in [5.74, 6) is -1.03. The Balaban J connectivity index is 1.62. The van der Waals surface area contributed by atoms with Gasteiger partial charge < -0.3 is 10.6 Å². The smallest absolute Gasteiger partial charge is 0.325 e. The molecule has 0 aromatic heterocycles. The first kappa shape index (κ1) is 21.0. The molecule has 0 bridgehead atoms. The van der Waals surface area contributed by atoms with E-state index in [1.807, 2.05) is 31.2 Å². The zero-order chi connectivity index (χ0) is 21.9. The fourth-order valence-corrected chi connectivity index (χ4v) is 3.38. The molecule has 9 nitrogen and oxygen atoms in total. The van der Waals surface area contributed by atoms with Crippen molar-refractivity contribution in [2.45, 2.75) is 25.8 Å². The molecule has 0 saturated carbocycles. The third-order valence-electron chi connectivity index (χ3n) is 5.21. The van der Waals surface area contributed by atoms with Crippen LogP contribution in [0.15, 0.2) is 48.5 Å². The molecule has 1 fully saturated rings. The second kappa shape index (κ2) is 8.32. The molecule has 0 spiro atoms. The highest BCUT2D eigenvalue weighted by molar-refractivity contribution is 6.09. The van der Waals surface area contributed by atoms with Crippen molar-refractivity contribution in [1.29, 1.82) is 0 Å². The van der Waals surface area contributed by atoms with Gasteiger partial charge in [0.05, 0.1) is 4.92 Å². The highest BCUT2D eigenvalue weighted by atomic mass is 16.6. The number of carbonyl (C=O) groups excluding carboxylic acids is 3. The zero-order valence-electron chi connectivity index (χ0n) is 16.7. The number of hydrogen-bond donors (Lipinski definition) is 2. The maximum atomic E-state index is 12.9. The van der Waals surface area contributed by atoms with Crippen molar-refractivity contribution in [3.63, 3.8) is 0 Å². The Kier molecular flexibility index (Phi) is 5.81. The highest BCUT2D eigenvalue weighted by Crippen LogP contribution is 2.29. The van der Waals surface area contributed by atoms with Gasteiger partial charge in [0.1, 0.15) is 12.1 Å². The number of nitrogens with one attached hydrogen (secondary N) is 2. The van der Waals surface area contributed by atoms with E-state index in [9.17, 15) is 24.5 Å². The van der Waals surface area contributed by atoms with E-state index in [0.29, 0.717) is 18.5 Å². The van der Waals surface area contributed by atoms with Crippen LogP contribution in [-0.2, 0) is 21.5 Å². The van der Waals surface area contributed by atoms with Gasteiger partial charge in [0.2, 0.25) is 5.91 Å². The van der Waals surface area contributed by atoms with Crippen LogP contribution in [-0.4, -0.2) is 40.8 Å². The number of nitro benzene ring substituents is 1. The lowest BCUT2D eigenvalue weighted by Gasteiger charge is -2.22. The van der Waals surface area contributed by atoms with E-state index in [1.54, 1.807) is 0 Å². The number of benzene rings is 2. The van der Waals surface area contributed by atoms with Crippen LogP contribution in [0, 0.1) is 17.0 Å². The third-order valence-corrected chi connectivity index (χ3v) is 5.21. The first-order valence-electron chi connectivity index (χ1n) is 9.42. The lowest BCUT2D eigenvalue weighted by atomic mass is 9.92. The van der Waals surface area contributed by atoms with Gasteiger partial charge in [-0.3, -0.25) is 24.6 Å². The quantitative estimate of drug-likeness (QED) is 0.411. The summed E-state index contributed by atoms with van der Waals surface area (Å²) in [5, 5.41) is 16.1. The number of aryl methyl sites for hydroxylation is 1. The number of rotatable bonds is 7. The molecule has 2 aromatic carbocycles. The van der Waals surface area contributed by atoms with Crippen LogP contribution in [0.5, 0.6) is 0 Å². The van der Waals surface area contributed by atoms with E-state index in [4.69, 9.17) is 0 Å². The predicted molar refractivity (Wildman–Crippen MR) is 109 cm³/mol. The summed E-state index contributed by atoms with van der Waals surface area (Å²) in [7, 11) is 0. The van der Waals surface area contributed by atoms with E-state index in [2.05, 4.69) is 10.6 Å². The van der Waals surface area contributed by atoms with Crippen molar-refractivity contribution in [3.8, 4) is 0 Å². The average Bonchev–Trinajstić information content (AvgIpc) is 2.93. The van der Waals surface area contributed by atoms with Crippen LogP contribution in [0.2, 0.25) is 0 Å². The van der Waals surface area contributed by atoms with Crippen LogP contribution in [0.1, 0.15) is 23.6 Å². The Labute approximate surface area is 173 Å². The minimum absolute atomic E-state index is 0.121. The van der Waals surface area contributed by atoms with Crippen LogP contribution >= 0.6 is 0 Å². The third kappa shape index (κ3) is 4.14. The van der Waals surface area contributed by atoms with E-state index in [1.165, 1.54) is 31.2 Å². The lowest BCUT2D eigenvalue weighted by molar-refractivity contribution is -0.384. The van der Waals surface area contributed by atoms with Gasteiger partial charge in [-0.2, -0.15) is 0 Å². The van der Waals surface area contributed by atoms with Crippen molar-refractivity contribution in [1.82, 2.24) is 15.5 Å². The molecule has 4 amide bonds. The Morgan fingerprint density at radius 3 is 2.47 bits per heavy atom. The molecule has 2 aromatic rings. The van der Waals surface area contributed by atoms with E-state index in [0.717, 1.165) is 16.0 Å². The summed E-state index contributed by atoms with van der Waals surface area (Å²) in [4.78, 5) is 48.6. The lowest BCUT2D eigenvalue weighted by Crippen LogP contribution is -2.43. The summed E-state index contributed by atoms with van der Waals surface area (Å²) in [5.41, 5.74) is 1.12. The van der Waals surface area contributed by atoms with Gasteiger partial charge in [0, 0.05) is 18.7 Å². The number of nitrogens with zero attached hydrogens (tertiary/aromatic N) is 2. The van der Waals surface area contributed by atoms with Gasteiger partial charge in [-0.15, -0.1) is 0 Å². The highest BCUT2D eigenvalue weighted by Gasteiger charge is 2.49. The fourth-order valence-electron chi connectivity index (χ4n) is 3.38. The summed E-state index contributed by atoms with van der Waals surface area (Å²) in [6.45, 7) is 3.47. The van der Waals surface area contributed by atoms with Gasteiger partial charge in [-0.25, -0.2) is 4.79 Å². The van der Waals surface area contributed by atoms with Crippen LogP contribution in [0.3, 0.4) is 0 Å². The summed E-state index contributed by atoms with van der Waals surface area (Å²) in [6, 6.07) is 12.5. The number of imide groups is 1. The van der Waals surface area contributed by atoms with Crippen LogP contribution in [0.25, 0.3) is 0 Å². The Morgan fingerprint density at radius 2 is 1.83 bits per heavy atom. The number of hydrogen-bond acceptors (Lipinski definition) is 5. The molecule has 1 unspecified atom stereocenters. The second-order valence-electron chi connectivity index (χ2n) is 7.28. The van der Waals surface area contributed by atoms with Crippen molar-refractivity contribution >= 4 is 23.5 Å². The van der Waals surface area contributed by atoms with Gasteiger partial charge in [-0.1, -0.05) is 24.3 Å². The first-order valence-corrected chi connectivity index (χ1v) is 9.42. The normalized spacial score (nSPS) is 18.3. The van der Waals surface area contributed by atoms with Crippen LogP contribution in [0.4, 0.5) is 10.5 Å². The molecule has 1 aliphatic heterocycles. The monoisotopic (exact) mass is 410 g/mol. The fraction of sp³-hybridized carbons (Fsp3) is 0.286. The van der Waals surface area contributed by atoms with Gasteiger partial charge in [-0.05, 0) is 49.1 Å². The SMILES string of the molecule is Cc1ccccc1CCNC(=O)CN1C(=O)NC(C)(c2ccc([N+](=O)[O-])cc2)C1=O. The molecule has 1 atom stereocenters. The standard InChI is InChI=1S/C21H22N4O5/c1-14-5-3-4-6-15(14)11-12-22-18(26)13-24-19(27)21(2,23-20(24)28)16-7-9-17(10-8-16)25(29)30/h3-10H,11-13H2,1-2H3,(H,22,26)(H,23,28). The van der Waals surface area contributed by atoms with E-state index in [-0.39, 0.29) is 5.69 Å². The molecule has 30 heavy (non-hydrogen) atoms. The summed E-state index contributed by atoms with van der Waals surface area (Å²) in [6.07, 6.45) is 0.638. The van der Waals surface area contributed by atoms with E-state index < -0.39 is 34.9 Å². The molecule has 1 aliphatic rings. The number of urea groups is 1. The molecule has 0 aliphatic carbocycles. The van der Waals surface area contributed by atoms with Gasteiger partial charge in [0.15, 0.2) is 0 Å². The van der Waals surface area contributed by atoms with E-state index >= 15 is 0 Å². The topological polar surface area (TPSA) is 122 Å². The zero-order valence-corrected chi connectivity index (χ0v) is 16.7. The summed E-state index contributed by atoms with van der Waals surface area (Å²) < 4.78 is 0.